The molecule has 2 aromatic rings. The number of amides is 2. The molecule has 1 saturated heterocycles. The topological polar surface area (TPSA) is 95.2 Å². The maximum Gasteiger partial charge on any atom is 0.225 e. The van der Waals surface area contributed by atoms with Gasteiger partial charge in [-0.25, -0.2) is 9.37 Å². The van der Waals surface area contributed by atoms with Crippen LogP contribution < -0.4 is 5.32 Å². The van der Waals surface area contributed by atoms with E-state index < -0.39 is 6.04 Å². The fourth-order valence-electron chi connectivity index (χ4n) is 4.70. The minimum Gasteiger partial charge on any atom is -0.346 e. The second-order valence-corrected chi connectivity index (χ2v) is 11.7. The highest BCUT2D eigenvalue weighted by Crippen LogP contribution is 2.26. The molecule has 0 radical (unpaired) electrons. The van der Waals surface area contributed by atoms with E-state index in [1.807, 2.05) is 26.8 Å². The summed E-state index contributed by atoms with van der Waals surface area (Å²) in [4.78, 5) is 48.4. The number of Topliss-reactive ketones (excluding diaryl/α,β-unsaturated/α-hetero) is 1. The van der Waals surface area contributed by atoms with Crippen LogP contribution in [0.4, 0.5) is 4.39 Å². The minimum absolute atomic E-state index is 0.0138. The molecule has 3 atom stereocenters. The van der Waals surface area contributed by atoms with Gasteiger partial charge in [0.1, 0.15) is 11.6 Å². The van der Waals surface area contributed by atoms with Gasteiger partial charge in [0.2, 0.25) is 11.8 Å². The Balaban J connectivity index is 1.70. The summed E-state index contributed by atoms with van der Waals surface area (Å²) in [5.41, 5.74) is 1.77. The summed E-state index contributed by atoms with van der Waals surface area (Å²) < 4.78 is 14.4. The number of benzene rings is 1. The van der Waals surface area contributed by atoms with Crippen LogP contribution in [0.5, 0.6) is 0 Å². The molecule has 2 heterocycles. The fourth-order valence-corrected chi connectivity index (χ4v) is 4.70. The highest BCUT2D eigenvalue weighted by Gasteiger charge is 2.31. The summed E-state index contributed by atoms with van der Waals surface area (Å²) in [6, 6.07) is 4.25. The highest BCUT2D eigenvalue weighted by atomic mass is 19.1. The quantitative estimate of drug-likeness (QED) is 0.452. The summed E-state index contributed by atoms with van der Waals surface area (Å²) in [6.07, 6.45) is 4.48. The van der Waals surface area contributed by atoms with Crippen LogP contribution in [0.3, 0.4) is 0 Å². The van der Waals surface area contributed by atoms with Gasteiger partial charge < -0.3 is 15.2 Å². The van der Waals surface area contributed by atoms with Gasteiger partial charge in [0.25, 0.3) is 0 Å². The lowest BCUT2D eigenvalue weighted by molar-refractivity contribution is -0.136. The summed E-state index contributed by atoms with van der Waals surface area (Å²) in [6.45, 7) is 12.5. The monoisotopic (exact) mass is 512 g/mol. The first-order chi connectivity index (χ1) is 17.3. The number of nitrogens with one attached hydrogen (secondary N) is 2. The molecule has 2 amide bonds. The molecule has 1 aliphatic heterocycles. The molecule has 1 aromatic heterocycles. The van der Waals surface area contributed by atoms with Crippen molar-refractivity contribution in [2.75, 3.05) is 6.54 Å². The molecule has 1 aromatic carbocycles. The number of carbonyl (C=O) groups is 3. The molecule has 1 aliphatic rings. The molecule has 1 fully saturated rings. The molecule has 0 bridgehead atoms. The van der Waals surface area contributed by atoms with Gasteiger partial charge in [-0.1, -0.05) is 33.8 Å². The second kappa shape index (κ2) is 12.0. The van der Waals surface area contributed by atoms with Crippen LogP contribution in [0, 0.1) is 18.2 Å². The maximum absolute atomic E-state index is 14.4. The first-order valence-corrected chi connectivity index (χ1v) is 13.3. The number of aromatic nitrogens is 2. The van der Waals surface area contributed by atoms with Crippen molar-refractivity contribution in [3.8, 4) is 11.3 Å². The van der Waals surface area contributed by atoms with Gasteiger partial charge in [-0.3, -0.25) is 14.4 Å². The van der Waals surface area contributed by atoms with E-state index in [1.54, 1.807) is 17.2 Å². The number of likely N-dealkylation sites (tertiary alicyclic amines) is 1. The molecule has 0 aliphatic carbocycles. The SMILES string of the molecule is Cc1ccc(-c2cnc([C@H](C)CC(=O)[C@H](CC(=O)N3CCC[C@@H]3C)NC(=O)CCC(C)(C)C)[nH]2)c(F)c1. The van der Waals surface area contributed by atoms with Crippen molar-refractivity contribution in [2.24, 2.45) is 5.41 Å². The van der Waals surface area contributed by atoms with Crippen molar-refractivity contribution in [2.45, 2.75) is 98.1 Å². The first kappa shape index (κ1) is 28.5. The molecule has 0 spiro atoms. The van der Waals surface area contributed by atoms with E-state index in [9.17, 15) is 18.8 Å². The molecule has 2 N–H and O–H groups in total. The lowest BCUT2D eigenvalue weighted by atomic mass is 9.90. The van der Waals surface area contributed by atoms with Crippen LogP contribution >= 0.6 is 0 Å². The molecular formula is C29H41FN4O3. The molecule has 37 heavy (non-hydrogen) atoms. The number of hydrogen-bond donors (Lipinski definition) is 2. The molecule has 8 heteroatoms. The number of H-pyrrole nitrogens is 1. The van der Waals surface area contributed by atoms with E-state index in [-0.39, 0.29) is 53.6 Å². The van der Waals surface area contributed by atoms with E-state index in [0.29, 0.717) is 36.5 Å². The first-order valence-electron chi connectivity index (χ1n) is 13.3. The Bertz CT molecular complexity index is 1120. The van der Waals surface area contributed by atoms with Gasteiger partial charge in [-0.2, -0.15) is 0 Å². The number of aromatic amines is 1. The van der Waals surface area contributed by atoms with Crippen LogP contribution in [0.15, 0.2) is 24.4 Å². The van der Waals surface area contributed by atoms with Crippen LogP contribution in [0.25, 0.3) is 11.3 Å². The van der Waals surface area contributed by atoms with Gasteiger partial charge in [-0.15, -0.1) is 0 Å². The van der Waals surface area contributed by atoms with Crippen LogP contribution in [0.1, 0.15) is 90.4 Å². The van der Waals surface area contributed by atoms with Crippen molar-refractivity contribution in [3.63, 3.8) is 0 Å². The number of nitrogens with zero attached hydrogens (tertiary/aromatic N) is 2. The van der Waals surface area contributed by atoms with Crippen molar-refractivity contribution in [1.82, 2.24) is 20.2 Å². The minimum atomic E-state index is -0.890. The number of carbonyl (C=O) groups excluding carboxylic acids is 3. The summed E-state index contributed by atoms with van der Waals surface area (Å²) in [7, 11) is 0. The lowest BCUT2D eigenvalue weighted by Crippen LogP contribution is -2.46. The molecule has 0 saturated carbocycles. The van der Waals surface area contributed by atoms with Crippen molar-refractivity contribution >= 4 is 17.6 Å². The Hall–Kier alpha value is -3.03. The van der Waals surface area contributed by atoms with Gasteiger partial charge in [0.15, 0.2) is 5.78 Å². The average Bonchev–Trinajstić information content (AvgIpc) is 3.46. The van der Waals surface area contributed by atoms with E-state index in [1.165, 1.54) is 6.07 Å². The summed E-state index contributed by atoms with van der Waals surface area (Å²) in [5.74, 6) is -0.631. The average molecular weight is 513 g/mol. The maximum atomic E-state index is 14.4. The zero-order chi connectivity index (χ0) is 27.3. The number of ketones is 1. The smallest absolute Gasteiger partial charge is 0.225 e. The Labute approximate surface area is 219 Å². The Morgan fingerprint density at radius 1 is 1.24 bits per heavy atom. The number of aryl methyl sites for hydroxylation is 1. The van der Waals surface area contributed by atoms with E-state index in [2.05, 4.69) is 36.1 Å². The number of halogens is 1. The zero-order valence-corrected chi connectivity index (χ0v) is 23.0. The molecule has 202 valence electrons. The highest BCUT2D eigenvalue weighted by molar-refractivity contribution is 5.93. The summed E-state index contributed by atoms with van der Waals surface area (Å²) >= 11 is 0. The molecule has 0 unspecified atom stereocenters. The van der Waals surface area contributed by atoms with Gasteiger partial charge >= 0.3 is 0 Å². The van der Waals surface area contributed by atoms with Crippen LogP contribution in [-0.4, -0.2) is 51.1 Å². The van der Waals surface area contributed by atoms with Crippen molar-refractivity contribution in [3.05, 3.63) is 41.6 Å². The number of rotatable bonds is 10. The predicted octanol–water partition coefficient (Wildman–Crippen LogP) is 5.30. The second-order valence-electron chi connectivity index (χ2n) is 11.7. The van der Waals surface area contributed by atoms with Crippen molar-refractivity contribution < 1.29 is 18.8 Å². The Morgan fingerprint density at radius 2 is 1.97 bits per heavy atom. The normalized spacial score (nSPS) is 17.5. The van der Waals surface area contributed by atoms with Crippen LogP contribution in [-0.2, 0) is 14.4 Å². The lowest BCUT2D eigenvalue weighted by Gasteiger charge is -2.25. The van der Waals surface area contributed by atoms with Crippen LogP contribution in [0.2, 0.25) is 0 Å². The number of hydrogen-bond acceptors (Lipinski definition) is 4. The number of imidazole rings is 1. The van der Waals surface area contributed by atoms with Crippen molar-refractivity contribution in [1.29, 1.82) is 0 Å². The third-order valence-corrected chi connectivity index (χ3v) is 7.06. The van der Waals surface area contributed by atoms with E-state index in [0.717, 1.165) is 18.4 Å². The van der Waals surface area contributed by atoms with Gasteiger partial charge in [0, 0.05) is 36.9 Å². The van der Waals surface area contributed by atoms with E-state index in [4.69, 9.17) is 0 Å². The third kappa shape index (κ3) is 7.98. The zero-order valence-electron chi connectivity index (χ0n) is 23.0. The van der Waals surface area contributed by atoms with Gasteiger partial charge in [0.05, 0.1) is 24.4 Å². The Morgan fingerprint density at radius 3 is 2.59 bits per heavy atom. The fraction of sp³-hybridized carbons (Fsp3) is 0.586. The molecular weight excluding hydrogens is 471 g/mol. The predicted molar refractivity (Wildman–Crippen MR) is 142 cm³/mol. The molecule has 3 rings (SSSR count). The third-order valence-electron chi connectivity index (χ3n) is 7.06. The Kier molecular flexibility index (Phi) is 9.26. The van der Waals surface area contributed by atoms with E-state index >= 15 is 0 Å². The standard InChI is InChI=1S/C29H41FN4O3/c1-18-9-10-21(22(30)14-18)24-17-31-28(33-24)19(2)15-25(35)23(32-26(36)11-12-29(4,5)6)16-27(37)34-13-7-8-20(34)3/h9-10,14,17,19-20,23H,7-8,11-13,15-16H2,1-6H3,(H,31,33)(H,32,36)/t19-,20+,23+/m1/s1. The summed E-state index contributed by atoms with van der Waals surface area (Å²) in [5, 5.41) is 2.84. The van der Waals surface area contributed by atoms with Gasteiger partial charge in [-0.05, 0) is 56.2 Å². The molecule has 7 nitrogen and oxygen atoms in total. The largest absolute Gasteiger partial charge is 0.346 e.